The molecule has 5 nitrogen and oxygen atoms in total. The van der Waals surface area contributed by atoms with Gasteiger partial charge in [0.2, 0.25) is 0 Å². The van der Waals surface area contributed by atoms with Gasteiger partial charge in [-0.15, -0.1) is 11.3 Å². The minimum atomic E-state index is -0.355. The zero-order valence-electron chi connectivity index (χ0n) is 12.5. The van der Waals surface area contributed by atoms with Gasteiger partial charge in [-0.05, 0) is 18.1 Å². The predicted octanol–water partition coefficient (Wildman–Crippen LogP) is 4.83. The van der Waals surface area contributed by atoms with Crippen molar-refractivity contribution in [1.29, 1.82) is 0 Å². The van der Waals surface area contributed by atoms with Crippen LogP contribution in [0.15, 0.2) is 40.2 Å². The highest BCUT2D eigenvalue weighted by atomic mass is 35.5. The van der Waals surface area contributed by atoms with Crippen molar-refractivity contribution in [3.8, 4) is 11.3 Å². The Morgan fingerprint density at radius 3 is 2.87 bits per heavy atom. The number of rotatable bonds is 4. The molecule has 7 heteroatoms. The molecular formula is C16H14ClN3O2S. The minimum Gasteiger partial charge on any atom is -0.355 e. The van der Waals surface area contributed by atoms with Crippen LogP contribution < -0.4 is 5.32 Å². The van der Waals surface area contributed by atoms with Gasteiger partial charge in [-0.3, -0.25) is 10.1 Å². The molecule has 0 atom stereocenters. The van der Waals surface area contributed by atoms with Crippen LogP contribution >= 0.6 is 22.9 Å². The second-order valence-corrected chi connectivity index (χ2v) is 6.57. The summed E-state index contributed by atoms with van der Waals surface area (Å²) >= 11 is 7.34. The molecule has 0 radical (unpaired) electrons. The molecule has 0 bridgehead atoms. The van der Waals surface area contributed by atoms with Crippen molar-refractivity contribution in [1.82, 2.24) is 10.1 Å². The summed E-state index contributed by atoms with van der Waals surface area (Å²) in [6.07, 6.45) is 0. The van der Waals surface area contributed by atoms with Gasteiger partial charge < -0.3 is 4.52 Å². The first-order valence-electron chi connectivity index (χ1n) is 7.02. The molecule has 118 valence electrons. The first-order chi connectivity index (χ1) is 11.0. The Bertz CT molecular complexity index is 841. The molecule has 3 rings (SSSR count). The zero-order chi connectivity index (χ0) is 16.4. The SMILES string of the molecule is CC(C)c1csc(NC(=O)c2cc(-c3cccc(Cl)c3)on2)n1. The van der Waals surface area contributed by atoms with E-state index in [1.807, 2.05) is 17.5 Å². The van der Waals surface area contributed by atoms with Gasteiger partial charge in [0, 0.05) is 22.0 Å². The van der Waals surface area contributed by atoms with E-state index in [1.54, 1.807) is 18.2 Å². The largest absolute Gasteiger partial charge is 0.355 e. The number of nitrogens with zero attached hydrogens (tertiary/aromatic N) is 2. The van der Waals surface area contributed by atoms with Crippen LogP contribution in [0.3, 0.4) is 0 Å². The number of anilines is 1. The third-order valence-electron chi connectivity index (χ3n) is 3.19. The van der Waals surface area contributed by atoms with Crippen molar-refractivity contribution in [3.05, 3.63) is 52.1 Å². The van der Waals surface area contributed by atoms with E-state index in [4.69, 9.17) is 16.1 Å². The second-order valence-electron chi connectivity index (χ2n) is 5.27. The molecule has 2 heterocycles. The van der Waals surface area contributed by atoms with Crippen LogP contribution in [0.2, 0.25) is 5.02 Å². The second kappa shape index (κ2) is 6.52. The normalized spacial score (nSPS) is 11.0. The summed E-state index contributed by atoms with van der Waals surface area (Å²) in [7, 11) is 0. The van der Waals surface area contributed by atoms with E-state index in [1.165, 1.54) is 11.3 Å². The third-order valence-corrected chi connectivity index (χ3v) is 4.20. The summed E-state index contributed by atoms with van der Waals surface area (Å²) in [6.45, 7) is 4.10. The van der Waals surface area contributed by atoms with Crippen LogP contribution in [0.5, 0.6) is 0 Å². The highest BCUT2D eigenvalue weighted by Gasteiger charge is 2.16. The van der Waals surface area contributed by atoms with E-state index >= 15 is 0 Å². The van der Waals surface area contributed by atoms with Crippen molar-refractivity contribution in [2.75, 3.05) is 5.32 Å². The molecule has 23 heavy (non-hydrogen) atoms. The number of nitrogens with one attached hydrogen (secondary N) is 1. The van der Waals surface area contributed by atoms with E-state index in [0.717, 1.165) is 11.3 Å². The molecule has 0 spiro atoms. The molecule has 1 N–H and O–H groups in total. The third kappa shape index (κ3) is 3.60. The van der Waals surface area contributed by atoms with Gasteiger partial charge in [-0.25, -0.2) is 4.98 Å². The summed E-state index contributed by atoms with van der Waals surface area (Å²) < 4.78 is 5.22. The molecule has 0 saturated carbocycles. The summed E-state index contributed by atoms with van der Waals surface area (Å²) in [4.78, 5) is 16.6. The van der Waals surface area contributed by atoms with Crippen LogP contribution in [-0.4, -0.2) is 16.0 Å². The predicted molar refractivity (Wildman–Crippen MR) is 91.1 cm³/mol. The quantitative estimate of drug-likeness (QED) is 0.734. The summed E-state index contributed by atoms with van der Waals surface area (Å²) in [5.74, 6) is 0.449. The standard InChI is InChI=1S/C16H14ClN3O2S/c1-9(2)13-8-23-16(18-13)19-15(21)12-7-14(22-20-12)10-4-3-5-11(17)6-10/h3-9H,1-2H3,(H,18,19,21). The highest BCUT2D eigenvalue weighted by molar-refractivity contribution is 7.14. The lowest BCUT2D eigenvalue weighted by Gasteiger charge is -1.98. The number of carbonyl (C=O) groups excluding carboxylic acids is 1. The van der Waals surface area contributed by atoms with Crippen LogP contribution in [0, 0.1) is 0 Å². The molecule has 0 aliphatic heterocycles. The fourth-order valence-corrected chi connectivity index (χ4v) is 2.99. The number of hydrogen-bond acceptors (Lipinski definition) is 5. The molecule has 0 aliphatic rings. The molecule has 1 aromatic carbocycles. The van der Waals surface area contributed by atoms with Gasteiger partial charge >= 0.3 is 0 Å². The average Bonchev–Trinajstić information content (AvgIpc) is 3.16. The van der Waals surface area contributed by atoms with E-state index in [0.29, 0.717) is 21.8 Å². The topological polar surface area (TPSA) is 68.0 Å². The van der Waals surface area contributed by atoms with Gasteiger partial charge in [0.25, 0.3) is 5.91 Å². The summed E-state index contributed by atoms with van der Waals surface area (Å²) in [5, 5.41) is 9.61. The van der Waals surface area contributed by atoms with Crippen LogP contribution in [-0.2, 0) is 0 Å². The number of carbonyl (C=O) groups is 1. The van der Waals surface area contributed by atoms with Crippen molar-refractivity contribution >= 4 is 34.0 Å². The number of thiazole rings is 1. The first-order valence-corrected chi connectivity index (χ1v) is 8.28. The maximum atomic E-state index is 12.2. The van der Waals surface area contributed by atoms with Crippen molar-refractivity contribution < 1.29 is 9.32 Å². The van der Waals surface area contributed by atoms with Gasteiger partial charge in [-0.1, -0.05) is 42.7 Å². The first kappa shape index (κ1) is 15.7. The van der Waals surface area contributed by atoms with E-state index in [2.05, 4.69) is 29.3 Å². The fraction of sp³-hybridized carbons (Fsp3) is 0.188. The molecule has 1 amide bonds. The zero-order valence-corrected chi connectivity index (χ0v) is 14.1. The fourth-order valence-electron chi connectivity index (χ4n) is 1.93. The summed E-state index contributed by atoms with van der Waals surface area (Å²) in [6, 6.07) is 8.74. The maximum Gasteiger partial charge on any atom is 0.279 e. The number of hydrogen-bond donors (Lipinski definition) is 1. The Kier molecular flexibility index (Phi) is 4.45. The van der Waals surface area contributed by atoms with E-state index in [-0.39, 0.29) is 11.6 Å². The lowest BCUT2D eigenvalue weighted by molar-refractivity contribution is 0.101. The van der Waals surface area contributed by atoms with Crippen LogP contribution in [0.4, 0.5) is 5.13 Å². The molecule has 3 aromatic rings. The molecule has 0 fully saturated rings. The Morgan fingerprint density at radius 2 is 2.17 bits per heavy atom. The van der Waals surface area contributed by atoms with E-state index < -0.39 is 0 Å². The van der Waals surface area contributed by atoms with Gasteiger partial charge in [-0.2, -0.15) is 0 Å². The number of halogens is 1. The highest BCUT2D eigenvalue weighted by Crippen LogP contribution is 2.25. The Morgan fingerprint density at radius 1 is 1.35 bits per heavy atom. The van der Waals surface area contributed by atoms with Gasteiger partial charge in [0.15, 0.2) is 16.6 Å². The molecule has 2 aromatic heterocycles. The van der Waals surface area contributed by atoms with Crippen molar-refractivity contribution in [3.63, 3.8) is 0 Å². The van der Waals surface area contributed by atoms with Gasteiger partial charge in [0.05, 0.1) is 5.69 Å². The Balaban J connectivity index is 1.75. The minimum absolute atomic E-state index is 0.196. The maximum absolute atomic E-state index is 12.2. The lowest BCUT2D eigenvalue weighted by Crippen LogP contribution is -2.12. The number of aromatic nitrogens is 2. The Labute approximate surface area is 142 Å². The lowest BCUT2D eigenvalue weighted by atomic mass is 10.1. The summed E-state index contributed by atoms with van der Waals surface area (Å²) in [5.41, 5.74) is 1.91. The number of benzene rings is 1. The Hall–Kier alpha value is -2.18. The average molecular weight is 348 g/mol. The smallest absolute Gasteiger partial charge is 0.279 e. The van der Waals surface area contributed by atoms with Crippen LogP contribution in [0.25, 0.3) is 11.3 Å². The van der Waals surface area contributed by atoms with Crippen molar-refractivity contribution in [2.45, 2.75) is 19.8 Å². The molecule has 0 unspecified atom stereocenters. The van der Waals surface area contributed by atoms with Crippen molar-refractivity contribution in [2.24, 2.45) is 0 Å². The van der Waals surface area contributed by atoms with Crippen LogP contribution in [0.1, 0.15) is 35.9 Å². The molecule has 0 saturated heterocycles. The molecule has 0 aliphatic carbocycles. The van der Waals surface area contributed by atoms with Gasteiger partial charge in [0.1, 0.15) is 0 Å². The number of amides is 1. The van der Waals surface area contributed by atoms with E-state index in [9.17, 15) is 4.79 Å². The monoisotopic (exact) mass is 347 g/mol. The molecular weight excluding hydrogens is 334 g/mol.